The number of rotatable bonds is 3. The van der Waals surface area contributed by atoms with Gasteiger partial charge in [0.1, 0.15) is 0 Å². The molecule has 0 bridgehead atoms. The van der Waals surface area contributed by atoms with E-state index in [1.165, 1.54) is 16.7 Å². The largest absolute Gasteiger partial charge is 0.370 e. The summed E-state index contributed by atoms with van der Waals surface area (Å²) in [6.45, 7) is 4.21. The second-order valence-corrected chi connectivity index (χ2v) is 6.17. The Kier molecular flexibility index (Phi) is 4.14. The number of nitrogens with one attached hydrogen (secondary N) is 1. The van der Waals surface area contributed by atoms with Crippen LogP contribution in [0.2, 0.25) is 0 Å². The molecule has 0 radical (unpaired) electrons. The standard InChI is InChI=1S/C19H23N3/c1-13-8-9-17(10-14(13)2)21-19(20)22-18-11-16(12-18)15-6-4-3-5-7-15/h3-10,16,18H,11-12H2,1-2H3,(H3,20,21,22). The third-order valence-corrected chi connectivity index (χ3v) is 4.49. The summed E-state index contributed by atoms with van der Waals surface area (Å²) in [5, 5.41) is 3.19. The van der Waals surface area contributed by atoms with Gasteiger partial charge >= 0.3 is 0 Å². The molecular weight excluding hydrogens is 270 g/mol. The van der Waals surface area contributed by atoms with Crippen molar-refractivity contribution in [1.82, 2.24) is 0 Å². The number of benzene rings is 2. The zero-order valence-corrected chi connectivity index (χ0v) is 13.2. The molecule has 3 N–H and O–H groups in total. The average Bonchev–Trinajstić information content (AvgIpc) is 2.47. The molecule has 0 aliphatic heterocycles. The molecule has 22 heavy (non-hydrogen) atoms. The Hall–Kier alpha value is -2.29. The second-order valence-electron chi connectivity index (χ2n) is 6.17. The summed E-state index contributed by atoms with van der Waals surface area (Å²) in [5.41, 5.74) is 11.0. The molecule has 0 saturated heterocycles. The van der Waals surface area contributed by atoms with Gasteiger partial charge in [-0.2, -0.15) is 0 Å². The van der Waals surface area contributed by atoms with Crippen molar-refractivity contribution in [2.24, 2.45) is 10.7 Å². The van der Waals surface area contributed by atoms with Gasteiger partial charge in [-0.1, -0.05) is 36.4 Å². The van der Waals surface area contributed by atoms with Crippen molar-refractivity contribution in [3.05, 3.63) is 65.2 Å². The summed E-state index contributed by atoms with van der Waals surface area (Å²) in [5.74, 6) is 1.14. The van der Waals surface area contributed by atoms with Crippen LogP contribution in [-0.4, -0.2) is 12.0 Å². The molecule has 1 saturated carbocycles. The van der Waals surface area contributed by atoms with Crippen molar-refractivity contribution in [2.45, 2.75) is 38.6 Å². The van der Waals surface area contributed by atoms with Gasteiger partial charge in [-0.15, -0.1) is 0 Å². The predicted octanol–water partition coefficient (Wildman–Crippen LogP) is 3.98. The molecule has 114 valence electrons. The monoisotopic (exact) mass is 293 g/mol. The van der Waals surface area contributed by atoms with Crippen molar-refractivity contribution in [3.63, 3.8) is 0 Å². The van der Waals surface area contributed by atoms with E-state index in [0.29, 0.717) is 17.9 Å². The first-order chi connectivity index (χ1) is 10.6. The number of guanidine groups is 1. The van der Waals surface area contributed by atoms with Crippen LogP contribution in [-0.2, 0) is 0 Å². The third-order valence-electron chi connectivity index (χ3n) is 4.49. The molecule has 1 aliphatic carbocycles. The van der Waals surface area contributed by atoms with Gasteiger partial charge in [0.25, 0.3) is 0 Å². The number of hydrogen-bond donors (Lipinski definition) is 2. The lowest BCUT2D eigenvalue weighted by molar-refractivity contribution is 0.353. The fraction of sp³-hybridized carbons (Fsp3) is 0.316. The summed E-state index contributed by atoms with van der Waals surface area (Å²) >= 11 is 0. The zero-order chi connectivity index (χ0) is 15.5. The maximum absolute atomic E-state index is 6.03. The van der Waals surface area contributed by atoms with E-state index in [1.54, 1.807) is 0 Å². The lowest BCUT2D eigenvalue weighted by Gasteiger charge is -2.33. The summed E-state index contributed by atoms with van der Waals surface area (Å²) in [7, 11) is 0. The summed E-state index contributed by atoms with van der Waals surface area (Å²) in [4.78, 5) is 4.59. The molecule has 0 atom stereocenters. The van der Waals surface area contributed by atoms with E-state index in [0.717, 1.165) is 18.5 Å². The van der Waals surface area contributed by atoms with E-state index < -0.39 is 0 Å². The van der Waals surface area contributed by atoms with Crippen LogP contribution in [0.25, 0.3) is 0 Å². The highest BCUT2D eigenvalue weighted by atomic mass is 15.1. The van der Waals surface area contributed by atoms with Crippen LogP contribution in [0.1, 0.15) is 35.4 Å². The van der Waals surface area contributed by atoms with Crippen molar-refractivity contribution in [2.75, 3.05) is 5.32 Å². The second kappa shape index (κ2) is 6.22. The first-order valence-electron chi connectivity index (χ1n) is 7.84. The Bertz CT molecular complexity index is 670. The van der Waals surface area contributed by atoms with Crippen molar-refractivity contribution in [3.8, 4) is 0 Å². The summed E-state index contributed by atoms with van der Waals surface area (Å²) in [6, 6.07) is 17.2. The van der Waals surface area contributed by atoms with Crippen LogP contribution in [0.5, 0.6) is 0 Å². The smallest absolute Gasteiger partial charge is 0.193 e. The minimum absolute atomic E-state index is 0.337. The number of nitrogens with zero attached hydrogens (tertiary/aromatic N) is 1. The normalized spacial score (nSPS) is 21.3. The van der Waals surface area contributed by atoms with Crippen LogP contribution >= 0.6 is 0 Å². The molecule has 3 nitrogen and oxygen atoms in total. The number of anilines is 1. The molecule has 3 rings (SSSR count). The van der Waals surface area contributed by atoms with Crippen LogP contribution in [0.4, 0.5) is 5.69 Å². The number of nitrogens with two attached hydrogens (primary N) is 1. The van der Waals surface area contributed by atoms with Crippen LogP contribution in [0, 0.1) is 13.8 Å². The molecule has 1 aliphatic rings. The Balaban J connectivity index is 1.56. The Morgan fingerprint density at radius 1 is 1.05 bits per heavy atom. The quantitative estimate of drug-likeness (QED) is 0.664. The highest BCUT2D eigenvalue weighted by Crippen LogP contribution is 2.38. The average molecular weight is 293 g/mol. The Morgan fingerprint density at radius 3 is 2.45 bits per heavy atom. The van der Waals surface area contributed by atoms with Gasteiger partial charge in [-0.3, -0.25) is 0 Å². The first-order valence-corrected chi connectivity index (χ1v) is 7.84. The van der Waals surface area contributed by atoms with E-state index in [4.69, 9.17) is 5.73 Å². The van der Waals surface area contributed by atoms with E-state index >= 15 is 0 Å². The predicted molar refractivity (Wildman–Crippen MR) is 93.4 cm³/mol. The number of aryl methyl sites for hydroxylation is 2. The van der Waals surface area contributed by atoms with Crippen molar-refractivity contribution < 1.29 is 0 Å². The van der Waals surface area contributed by atoms with E-state index in [-0.39, 0.29) is 0 Å². The Labute approximate surface area is 132 Å². The first kappa shape index (κ1) is 14.6. The van der Waals surface area contributed by atoms with Gasteiger partial charge in [0.05, 0.1) is 6.04 Å². The molecule has 0 heterocycles. The van der Waals surface area contributed by atoms with Crippen LogP contribution < -0.4 is 11.1 Å². The Morgan fingerprint density at radius 2 is 1.77 bits per heavy atom. The lowest BCUT2D eigenvalue weighted by atomic mass is 9.76. The minimum atomic E-state index is 0.337. The van der Waals surface area contributed by atoms with Crippen LogP contribution in [0.15, 0.2) is 53.5 Å². The molecular formula is C19H23N3. The molecule has 3 heteroatoms. The highest BCUT2D eigenvalue weighted by Gasteiger charge is 2.30. The highest BCUT2D eigenvalue weighted by molar-refractivity contribution is 5.92. The molecule has 2 aromatic carbocycles. The van der Waals surface area contributed by atoms with Crippen molar-refractivity contribution >= 4 is 11.6 Å². The minimum Gasteiger partial charge on any atom is -0.370 e. The zero-order valence-electron chi connectivity index (χ0n) is 13.2. The molecule has 0 spiro atoms. The molecule has 0 unspecified atom stereocenters. The lowest BCUT2D eigenvalue weighted by Crippen LogP contribution is -2.31. The van der Waals surface area contributed by atoms with Gasteiger partial charge in [0.15, 0.2) is 5.96 Å². The molecule has 2 aromatic rings. The van der Waals surface area contributed by atoms with Gasteiger partial charge in [0.2, 0.25) is 0 Å². The van der Waals surface area contributed by atoms with Gasteiger partial charge in [-0.05, 0) is 61.4 Å². The molecule has 1 fully saturated rings. The van der Waals surface area contributed by atoms with E-state index in [2.05, 4.69) is 66.6 Å². The molecule has 0 aromatic heterocycles. The summed E-state index contributed by atoms with van der Waals surface area (Å²) in [6.07, 6.45) is 2.17. The maximum atomic E-state index is 6.03. The van der Waals surface area contributed by atoms with Gasteiger partial charge in [-0.25, -0.2) is 4.99 Å². The fourth-order valence-electron chi connectivity index (χ4n) is 2.89. The fourth-order valence-corrected chi connectivity index (χ4v) is 2.89. The third kappa shape index (κ3) is 3.30. The summed E-state index contributed by atoms with van der Waals surface area (Å²) < 4.78 is 0. The number of aliphatic imine (C=N–C) groups is 1. The van der Waals surface area contributed by atoms with Gasteiger partial charge < -0.3 is 11.1 Å². The topological polar surface area (TPSA) is 50.4 Å². The maximum Gasteiger partial charge on any atom is 0.193 e. The van der Waals surface area contributed by atoms with E-state index in [1.807, 2.05) is 6.07 Å². The van der Waals surface area contributed by atoms with Crippen LogP contribution in [0.3, 0.4) is 0 Å². The van der Waals surface area contributed by atoms with Gasteiger partial charge in [0, 0.05) is 5.69 Å². The SMILES string of the molecule is Cc1ccc(NC(N)=NC2CC(c3ccccc3)C2)cc1C. The van der Waals surface area contributed by atoms with Crippen molar-refractivity contribution in [1.29, 1.82) is 0 Å². The molecule has 0 amide bonds. The van der Waals surface area contributed by atoms with E-state index in [9.17, 15) is 0 Å². The number of hydrogen-bond acceptors (Lipinski definition) is 1.